The smallest absolute Gasteiger partial charge is 0.345 e. The van der Waals surface area contributed by atoms with Crippen LogP contribution >= 0.6 is 0 Å². The van der Waals surface area contributed by atoms with E-state index in [9.17, 15) is 9.59 Å². The first-order valence-corrected chi connectivity index (χ1v) is 4.67. The van der Waals surface area contributed by atoms with Crippen LogP contribution in [0.15, 0.2) is 24.3 Å². The van der Waals surface area contributed by atoms with Crippen molar-refractivity contribution in [2.75, 3.05) is 0 Å². The summed E-state index contributed by atoms with van der Waals surface area (Å²) < 4.78 is 4.56. The molecule has 4 heteroatoms. The van der Waals surface area contributed by atoms with Gasteiger partial charge in [-0.15, -0.1) is 0 Å². The third kappa shape index (κ3) is 3.42. The molecule has 0 radical (unpaired) electrons. The first kappa shape index (κ1) is 11.2. The van der Waals surface area contributed by atoms with Gasteiger partial charge in [-0.1, -0.05) is 6.92 Å². The molecule has 0 heterocycles. The molecule has 1 aromatic rings. The van der Waals surface area contributed by atoms with Crippen molar-refractivity contribution in [2.45, 2.75) is 19.8 Å². The van der Waals surface area contributed by atoms with Crippen LogP contribution in [0.4, 0.5) is 0 Å². The molecule has 0 saturated carbocycles. The van der Waals surface area contributed by atoms with Crippen LogP contribution in [0.1, 0.15) is 30.1 Å². The van der Waals surface area contributed by atoms with Crippen LogP contribution in [-0.2, 0) is 9.53 Å². The van der Waals surface area contributed by atoms with Gasteiger partial charge in [-0.25, -0.2) is 4.79 Å². The molecule has 0 amide bonds. The van der Waals surface area contributed by atoms with Gasteiger partial charge in [0.05, 0.1) is 5.56 Å². The number of carbonyl (C=O) groups excluding carboxylic acids is 2. The van der Waals surface area contributed by atoms with Crippen molar-refractivity contribution in [1.29, 1.82) is 0 Å². The predicted octanol–water partition coefficient (Wildman–Crippen LogP) is 1.88. The highest BCUT2D eigenvalue weighted by Gasteiger charge is 2.11. The van der Waals surface area contributed by atoms with Gasteiger partial charge >= 0.3 is 11.9 Å². The Morgan fingerprint density at radius 3 is 2.40 bits per heavy atom. The number of phenolic OH excluding ortho intramolecular Hbond substituents is 1. The maximum atomic E-state index is 11.3. The number of aromatic hydroxyl groups is 1. The van der Waals surface area contributed by atoms with E-state index in [1.807, 2.05) is 6.92 Å². The van der Waals surface area contributed by atoms with E-state index < -0.39 is 11.9 Å². The van der Waals surface area contributed by atoms with Crippen LogP contribution < -0.4 is 0 Å². The Balaban J connectivity index is 2.61. The number of rotatable bonds is 3. The Bertz CT molecular complexity index is 353. The van der Waals surface area contributed by atoms with E-state index in [2.05, 4.69) is 4.74 Å². The zero-order chi connectivity index (χ0) is 11.3. The Hall–Kier alpha value is -1.84. The fraction of sp³-hybridized carbons (Fsp3) is 0.273. The normalized spacial score (nSPS) is 9.67. The van der Waals surface area contributed by atoms with Crippen LogP contribution in [0.5, 0.6) is 5.75 Å². The summed E-state index contributed by atoms with van der Waals surface area (Å²) in [6.07, 6.45) is 0.867. The summed E-state index contributed by atoms with van der Waals surface area (Å²) >= 11 is 0. The summed E-state index contributed by atoms with van der Waals surface area (Å²) in [7, 11) is 0. The van der Waals surface area contributed by atoms with Crippen molar-refractivity contribution in [3.05, 3.63) is 29.8 Å². The number of carbonyl (C=O) groups is 2. The van der Waals surface area contributed by atoms with Crippen LogP contribution in [0.25, 0.3) is 0 Å². The minimum Gasteiger partial charge on any atom is -0.508 e. The summed E-state index contributed by atoms with van der Waals surface area (Å²) in [5.74, 6) is -1.16. The molecule has 0 aliphatic heterocycles. The van der Waals surface area contributed by atoms with Gasteiger partial charge in [-0.2, -0.15) is 0 Å². The van der Waals surface area contributed by atoms with Crippen molar-refractivity contribution < 1.29 is 19.4 Å². The largest absolute Gasteiger partial charge is 0.508 e. The van der Waals surface area contributed by atoms with E-state index in [-0.39, 0.29) is 17.7 Å². The van der Waals surface area contributed by atoms with Crippen LogP contribution in [0, 0.1) is 0 Å². The van der Waals surface area contributed by atoms with Crippen molar-refractivity contribution in [2.24, 2.45) is 0 Å². The van der Waals surface area contributed by atoms with Gasteiger partial charge in [0.2, 0.25) is 0 Å². The van der Waals surface area contributed by atoms with Crippen molar-refractivity contribution in [1.82, 2.24) is 0 Å². The first-order valence-electron chi connectivity index (χ1n) is 4.67. The predicted molar refractivity (Wildman–Crippen MR) is 53.4 cm³/mol. The lowest BCUT2D eigenvalue weighted by Crippen LogP contribution is -2.11. The Labute approximate surface area is 87.5 Å². The zero-order valence-electron chi connectivity index (χ0n) is 8.40. The second kappa shape index (κ2) is 5.14. The first-order chi connectivity index (χ1) is 7.13. The van der Waals surface area contributed by atoms with E-state index in [0.717, 1.165) is 0 Å². The third-order valence-electron chi connectivity index (χ3n) is 1.76. The molecule has 0 aromatic heterocycles. The molecule has 1 rings (SSSR count). The number of hydrogen-bond donors (Lipinski definition) is 1. The molecule has 0 aliphatic carbocycles. The minimum absolute atomic E-state index is 0.0615. The lowest BCUT2D eigenvalue weighted by molar-refractivity contribution is -0.137. The molecule has 4 nitrogen and oxygen atoms in total. The highest BCUT2D eigenvalue weighted by molar-refractivity contribution is 5.96. The van der Waals surface area contributed by atoms with Crippen molar-refractivity contribution in [3.8, 4) is 5.75 Å². The standard InChI is InChI=1S/C11H12O4/c1-2-3-10(13)15-11(14)8-4-6-9(12)7-5-8/h4-7,12H,2-3H2,1H3. The molecule has 1 aromatic carbocycles. The van der Waals surface area contributed by atoms with Crippen molar-refractivity contribution >= 4 is 11.9 Å². The second-order valence-corrected chi connectivity index (χ2v) is 3.06. The molecule has 1 N–H and O–H groups in total. The molecule has 0 spiro atoms. The highest BCUT2D eigenvalue weighted by Crippen LogP contribution is 2.10. The molecule has 15 heavy (non-hydrogen) atoms. The molecular formula is C11H12O4. The maximum Gasteiger partial charge on any atom is 0.345 e. The van der Waals surface area contributed by atoms with Crippen LogP contribution in [0.2, 0.25) is 0 Å². The fourth-order valence-corrected chi connectivity index (χ4v) is 1.01. The molecular weight excluding hydrogens is 196 g/mol. The van der Waals surface area contributed by atoms with Gasteiger partial charge in [0.1, 0.15) is 5.75 Å². The van der Waals surface area contributed by atoms with Gasteiger partial charge in [0, 0.05) is 6.42 Å². The van der Waals surface area contributed by atoms with Crippen LogP contribution in [0.3, 0.4) is 0 Å². The molecule has 0 saturated heterocycles. The van der Waals surface area contributed by atoms with E-state index in [4.69, 9.17) is 5.11 Å². The van der Waals surface area contributed by atoms with Gasteiger partial charge in [0.25, 0.3) is 0 Å². The van der Waals surface area contributed by atoms with E-state index in [0.29, 0.717) is 6.42 Å². The lowest BCUT2D eigenvalue weighted by atomic mass is 10.2. The molecule has 0 fully saturated rings. The maximum absolute atomic E-state index is 11.3. The van der Waals surface area contributed by atoms with Crippen LogP contribution in [-0.4, -0.2) is 17.0 Å². The minimum atomic E-state index is -0.687. The number of esters is 2. The van der Waals surface area contributed by atoms with Crippen molar-refractivity contribution in [3.63, 3.8) is 0 Å². The van der Waals surface area contributed by atoms with Gasteiger partial charge in [-0.05, 0) is 30.7 Å². The van der Waals surface area contributed by atoms with E-state index in [1.165, 1.54) is 24.3 Å². The molecule has 0 atom stereocenters. The van der Waals surface area contributed by atoms with E-state index >= 15 is 0 Å². The number of phenols is 1. The zero-order valence-corrected chi connectivity index (χ0v) is 8.40. The summed E-state index contributed by atoms with van der Waals surface area (Å²) in [4.78, 5) is 22.3. The Kier molecular flexibility index (Phi) is 3.85. The number of ether oxygens (including phenoxy) is 1. The lowest BCUT2D eigenvalue weighted by Gasteiger charge is -2.01. The SMILES string of the molecule is CCCC(=O)OC(=O)c1ccc(O)cc1. The number of benzene rings is 1. The Morgan fingerprint density at radius 1 is 1.27 bits per heavy atom. The monoisotopic (exact) mass is 208 g/mol. The average molecular weight is 208 g/mol. The van der Waals surface area contributed by atoms with E-state index in [1.54, 1.807) is 0 Å². The quantitative estimate of drug-likeness (QED) is 0.608. The Morgan fingerprint density at radius 2 is 1.87 bits per heavy atom. The number of hydrogen-bond acceptors (Lipinski definition) is 4. The molecule has 0 aliphatic rings. The molecule has 80 valence electrons. The highest BCUT2D eigenvalue weighted by atomic mass is 16.6. The summed E-state index contributed by atoms with van der Waals surface area (Å²) in [6.45, 7) is 1.83. The fourth-order valence-electron chi connectivity index (χ4n) is 1.01. The van der Waals surface area contributed by atoms with Gasteiger partial charge in [0.15, 0.2) is 0 Å². The average Bonchev–Trinajstić information content (AvgIpc) is 2.18. The molecule has 0 bridgehead atoms. The summed E-state index contributed by atoms with van der Waals surface area (Å²) in [5.41, 5.74) is 0.247. The summed E-state index contributed by atoms with van der Waals surface area (Å²) in [6, 6.07) is 5.52. The van der Waals surface area contributed by atoms with Gasteiger partial charge in [-0.3, -0.25) is 4.79 Å². The summed E-state index contributed by atoms with van der Waals surface area (Å²) in [5, 5.41) is 8.99. The topological polar surface area (TPSA) is 63.6 Å². The second-order valence-electron chi connectivity index (χ2n) is 3.06. The molecule has 0 unspecified atom stereocenters. The third-order valence-corrected chi connectivity index (χ3v) is 1.76. The van der Waals surface area contributed by atoms with Gasteiger partial charge < -0.3 is 9.84 Å².